The van der Waals surface area contributed by atoms with Crippen LogP contribution in [0.3, 0.4) is 0 Å². The molecule has 2 nitrogen and oxygen atoms in total. The number of hydrogen-bond acceptors (Lipinski definition) is 1. The van der Waals surface area contributed by atoms with Crippen LogP contribution in [-0.4, -0.2) is 12.2 Å². The van der Waals surface area contributed by atoms with E-state index in [-0.39, 0.29) is 18.0 Å². The molecule has 5 atom stereocenters. The summed E-state index contributed by atoms with van der Waals surface area (Å²) in [5.41, 5.74) is 2.79. The second-order valence-corrected chi connectivity index (χ2v) is 8.10. The van der Waals surface area contributed by atoms with Crippen LogP contribution in [0.5, 0.6) is 0 Å². The van der Waals surface area contributed by atoms with Gasteiger partial charge in [0.05, 0.1) is 7.05 Å². The van der Waals surface area contributed by atoms with Crippen molar-refractivity contribution in [3.63, 3.8) is 0 Å². The van der Waals surface area contributed by atoms with Gasteiger partial charge in [-0.25, -0.2) is 0 Å². The van der Waals surface area contributed by atoms with Gasteiger partial charge in [0.1, 0.15) is 17.7 Å². The summed E-state index contributed by atoms with van der Waals surface area (Å²) in [5.74, 6) is 0.150. The first-order valence-corrected chi connectivity index (χ1v) is 10.4. The van der Waals surface area contributed by atoms with Crippen LogP contribution in [0.1, 0.15) is 48.5 Å². The summed E-state index contributed by atoms with van der Waals surface area (Å²) in [6.07, 6.45) is 1.67. The van der Waals surface area contributed by atoms with E-state index in [9.17, 15) is 5.11 Å². The minimum Gasteiger partial charge on any atom is -0.384 e. The lowest BCUT2D eigenvalue weighted by molar-refractivity contribution is -0.958. The molecule has 2 heteroatoms. The van der Waals surface area contributed by atoms with E-state index < -0.39 is 5.60 Å². The molecule has 0 radical (unpaired) electrons. The van der Waals surface area contributed by atoms with Crippen LogP contribution in [0.25, 0.3) is 0 Å². The van der Waals surface area contributed by atoms with Crippen molar-refractivity contribution in [1.82, 2.24) is 0 Å². The number of hydrogen-bond donors (Lipinski definition) is 2. The lowest BCUT2D eigenvalue weighted by Gasteiger charge is -2.50. The highest BCUT2D eigenvalue weighted by atomic mass is 16.3. The SMILES string of the molecule is CC[C@H]1[C@@H](c2ccccc2)[NH+](C)[C@H](c2ccccc2)C[C@]1(O)c1ccccc1. The Hall–Kier alpha value is -2.42. The lowest BCUT2D eigenvalue weighted by atomic mass is 9.66. The number of likely N-dealkylation sites (tertiary alicyclic amines) is 1. The highest BCUT2D eigenvalue weighted by Gasteiger charge is 2.53. The molecule has 2 N–H and O–H groups in total. The van der Waals surface area contributed by atoms with Crippen LogP contribution < -0.4 is 4.90 Å². The van der Waals surface area contributed by atoms with Gasteiger partial charge in [-0.1, -0.05) is 97.9 Å². The third kappa shape index (κ3) is 3.28. The third-order valence-electron chi connectivity index (χ3n) is 6.65. The fourth-order valence-electron chi connectivity index (χ4n) is 5.29. The average Bonchev–Trinajstić information content (AvgIpc) is 2.76. The third-order valence-corrected chi connectivity index (χ3v) is 6.65. The van der Waals surface area contributed by atoms with E-state index in [1.807, 2.05) is 18.2 Å². The first-order valence-electron chi connectivity index (χ1n) is 10.4. The van der Waals surface area contributed by atoms with Crippen molar-refractivity contribution in [2.24, 2.45) is 5.92 Å². The summed E-state index contributed by atoms with van der Waals surface area (Å²) < 4.78 is 0. The van der Waals surface area contributed by atoms with Crippen LogP contribution in [-0.2, 0) is 5.60 Å². The Morgan fingerprint density at radius 3 is 1.86 bits per heavy atom. The van der Waals surface area contributed by atoms with Crippen molar-refractivity contribution < 1.29 is 10.0 Å². The van der Waals surface area contributed by atoms with E-state index in [1.165, 1.54) is 16.0 Å². The fourth-order valence-corrected chi connectivity index (χ4v) is 5.29. The summed E-state index contributed by atoms with van der Waals surface area (Å²) in [5, 5.41) is 12.2. The van der Waals surface area contributed by atoms with Crippen LogP contribution >= 0.6 is 0 Å². The van der Waals surface area contributed by atoms with Gasteiger partial charge in [0.15, 0.2) is 0 Å². The normalized spacial score (nSPS) is 30.1. The van der Waals surface area contributed by atoms with Gasteiger partial charge >= 0.3 is 0 Å². The van der Waals surface area contributed by atoms with Crippen LogP contribution in [0.15, 0.2) is 91.0 Å². The topological polar surface area (TPSA) is 24.7 Å². The molecule has 0 bridgehead atoms. The smallest absolute Gasteiger partial charge is 0.119 e. The highest BCUT2D eigenvalue weighted by molar-refractivity contribution is 5.29. The van der Waals surface area contributed by atoms with Crippen molar-refractivity contribution in [2.45, 2.75) is 37.5 Å². The monoisotopic (exact) mass is 372 g/mol. The van der Waals surface area contributed by atoms with Crippen LogP contribution in [0.2, 0.25) is 0 Å². The molecule has 1 aliphatic rings. The lowest BCUT2D eigenvalue weighted by Crippen LogP contribution is -3.12. The molecule has 4 rings (SSSR count). The first kappa shape index (κ1) is 18.9. The van der Waals surface area contributed by atoms with E-state index in [1.54, 1.807) is 0 Å². The van der Waals surface area contributed by atoms with Crippen molar-refractivity contribution >= 4 is 0 Å². The standard InChI is InChI=1S/C26H29NO/c1-3-23-25(21-15-9-5-10-16-21)27(2)24(20-13-7-4-8-14-20)19-26(23,28)22-17-11-6-12-18-22/h4-18,23-25,28H,3,19H2,1-2H3/p+1/t23-,24-,25+,26-/m0/s1. The predicted octanol–water partition coefficient (Wildman–Crippen LogP) is 4.30. The predicted molar refractivity (Wildman–Crippen MR) is 114 cm³/mol. The molecule has 1 heterocycles. The quantitative estimate of drug-likeness (QED) is 0.701. The Balaban J connectivity index is 1.86. The molecule has 1 unspecified atom stereocenters. The Morgan fingerprint density at radius 2 is 1.32 bits per heavy atom. The minimum absolute atomic E-state index is 0.150. The van der Waals surface area contributed by atoms with E-state index in [2.05, 4.69) is 86.8 Å². The van der Waals surface area contributed by atoms with Crippen molar-refractivity contribution in [1.29, 1.82) is 0 Å². The Bertz CT molecular complexity index is 880. The first-order chi connectivity index (χ1) is 13.6. The van der Waals surface area contributed by atoms with Gasteiger partial charge < -0.3 is 10.0 Å². The Morgan fingerprint density at radius 1 is 0.821 bits per heavy atom. The molecule has 0 aliphatic carbocycles. The summed E-state index contributed by atoms with van der Waals surface area (Å²) in [7, 11) is 2.29. The molecular weight excluding hydrogens is 342 g/mol. The molecule has 28 heavy (non-hydrogen) atoms. The van der Waals surface area contributed by atoms with Gasteiger partial charge in [0, 0.05) is 23.5 Å². The number of quaternary nitrogens is 1. The second-order valence-electron chi connectivity index (χ2n) is 8.10. The zero-order chi connectivity index (χ0) is 19.6. The molecule has 0 saturated carbocycles. The molecular formula is C26H30NO+. The van der Waals surface area contributed by atoms with Gasteiger partial charge in [0.25, 0.3) is 0 Å². The maximum Gasteiger partial charge on any atom is 0.119 e. The average molecular weight is 373 g/mol. The molecule has 144 valence electrons. The molecule has 1 saturated heterocycles. The highest BCUT2D eigenvalue weighted by Crippen LogP contribution is 2.47. The summed E-state index contributed by atoms with van der Waals surface area (Å²) in [6.45, 7) is 2.21. The molecule has 1 aliphatic heterocycles. The number of nitrogens with one attached hydrogen (secondary N) is 1. The van der Waals surface area contributed by atoms with Crippen molar-refractivity contribution in [3.05, 3.63) is 108 Å². The van der Waals surface area contributed by atoms with Crippen molar-refractivity contribution in [2.75, 3.05) is 7.05 Å². The zero-order valence-electron chi connectivity index (χ0n) is 16.8. The maximum absolute atomic E-state index is 12.2. The molecule has 0 spiro atoms. The molecule has 1 fully saturated rings. The van der Waals surface area contributed by atoms with E-state index in [4.69, 9.17) is 0 Å². The number of aliphatic hydroxyl groups is 1. The fraction of sp³-hybridized carbons (Fsp3) is 0.308. The molecule has 0 amide bonds. The molecule has 3 aromatic rings. The van der Waals surface area contributed by atoms with E-state index >= 15 is 0 Å². The van der Waals surface area contributed by atoms with Gasteiger partial charge in [-0.05, 0) is 12.0 Å². The number of rotatable bonds is 4. The van der Waals surface area contributed by atoms with E-state index in [0.717, 1.165) is 18.4 Å². The second kappa shape index (κ2) is 7.90. The molecule has 0 aromatic heterocycles. The van der Waals surface area contributed by atoms with Gasteiger partial charge in [-0.3, -0.25) is 0 Å². The minimum atomic E-state index is -0.851. The van der Waals surface area contributed by atoms with Crippen LogP contribution in [0, 0.1) is 5.92 Å². The van der Waals surface area contributed by atoms with Gasteiger partial charge in [-0.2, -0.15) is 0 Å². The Labute approximate surface area is 168 Å². The van der Waals surface area contributed by atoms with Crippen LogP contribution in [0.4, 0.5) is 0 Å². The largest absolute Gasteiger partial charge is 0.384 e. The van der Waals surface area contributed by atoms with Crippen molar-refractivity contribution in [3.8, 4) is 0 Å². The summed E-state index contributed by atoms with van der Waals surface area (Å²) in [4.78, 5) is 1.46. The van der Waals surface area contributed by atoms with Gasteiger partial charge in [-0.15, -0.1) is 0 Å². The number of benzene rings is 3. The Kier molecular flexibility index (Phi) is 5.34. The zero-order valence-corrected chi connectivity index (χ0v) is 16.8. The maximum atomic E-state index is 12.2. The molecule has 3 aromatic carbocycles. The van der Waals surface area contributed by atoms with Gasteiger partial charge in [0.2, 0.25) is 0 Å². The van der Waals surface area contributed by atoms with E-state index in [0.29, 0.717) is 0 Å². The summed E-state index contributed by atoms with van der Waals surface area (Å²) >= 11 is 0. The number of piperidine rings is 1. The summed E-state index contributed by atoms with van der Waals surface area (Å²) in [6, 6.07) is 32.2.